The number of hydrogen-bond acceptors (Lipinski definition) is 7. The van der Waals surface area contributed by atoms with E-state index in [4.69, 9.17) is 21.5 Å². The van der Waals surface area contributed by atoms with Gasteiger partial charge < -0.3 is 21.6 Å². The van der Waals surface area contributed by atoms with Gasteiger partial charge in [0.25, 0.3) is 0 Å². The summed E-state index contributed by atoms with van der Waals surface area (Å²) in [5, 5.41) is 13.3. The lowest BCUT2D eigenvalue weighted by Crippen LogP contribution is -2.52. The number of hydrogen-bond donors (Lipinski definition) is 3. The Balaban J connectivity index is 2.07. The molecule has 1 aliphatic rings. The Morgan fingerprint density at radius 1 is 1.46 bits per heavy atom. The van der Waals surface area contributed by atoms with E-state index in [2.05, 4.69) is 5.16 Å². The summed E-state index contributed by atoms with van der Waals surface area (Å²) in [7, 11) is 0. The first-order valence-electron chi connectivity index (χ1n) is 8.25. The summed E-state index contributed by atoms with van der Waals surface area (Å²) in [6.45, 7) is 3.31. The molecular weight excluding hydrogens is 338 g/mol. The fourth-order valence-electron chi connectivity index (χ4n) is 2.76. The Morgan fingerprint density at radius 2 is 2.23 bits per heavy atom. The maximum absolute atomic E-state index is 12.7. The van der Waals surface area contributed by atoms with Crippen LogP contribution in [0.2, 0.25) is 0 Å². The van der Waals surface area contributed by atoms with Crippen molar-refractivity contribution in [2.45, 2.75) is 19.4 Å². The maximum Gasteiger partial charge on any atom is 0.244 e. The van der Waals surface area contributed by atoms with E-state index in [-0.39, 0.29) is 30.4 Å². The predicted octanol–water partition coefficient (Wildman–Crippen LogP) is -0.538. The third kappa shape index (κ3) is 4.68. The van der Waals surface area contributed by atoms with Crippen molar-refractivity contribution in [1.29, 1.82) is 0 Å². The molecule has 0 unspecified atom stereocenters. The van der Waals surface area contributed by atoms with Gasteiger partial charge in [-0.3, -0.25) is 9.63 Å². The molecule has 1 amide bonds. The molecule has 0 aromatic heterocycles. The van der Waals surface area contributed by atoms with E-state index in [0.29, 0.717) is 25.3 Å². The molecule has 9 heteroatoms. The Labute approximate surface area is 151 Å². The summed E-state index contributed by atoms with van der Waals surface area (Å²) in [6, 6.07) is 6.08. The molecule has 0 radical (unpaired) electrons. The molecule has 5 N–H and O–H groups in total. The monoisotopic (exact) mass is 361 g/mol. The average molecular weight is 361 g/mol. The van der Waals surface area contributed by atoms with Crippen molar-refractivity contribution >= 4 is 17.7 Å². The Morgan fingerprint density at radius 3 is 2.88 bits per heavy atom. The van der Waals surface area contributed by atoms with Gasteiger partial charge >= 0.3 is 0 Å². The second-order valence-electron chi connectivity index (χ2n) is 5.82. The quantitative estimate of drug-likeness (QED) is 0.204. The number of nitrogens with two attached hydrogens (primary N) is 2. The van der Waals surface area contributed by atoms with Crippen molar-refractivity contribution in [3.63, 3.8) is 0 Å². The minimum absolute atomic E-state index is 0.0232. The molecule has 1 saturated heterocycles. The number of oxime groups is 1. The number of piperazine rings is 1. The molecule has 140 valence electrons. The molecule has 1 atom stereocenters. The highest BCUT2D eigenvalue weighted by Gasteiger charge is 2.30. The molecule has 1 aromatic rings. The maximum atomic E-state index is 12.7. The van der Waals surface area contributed by atoms with E-state index in [0.717, 1.165) is 5.56 Å². The molecule has 0 spiro atoms. The van der Waals surface area contributed by atoms with E-state index in [1.165, 1.54) is 4.90 Å². The SMILES string of the molecule is CCON1CCN(C(=O)[C@@H](N)Cc2cccc(C(N)=NO)c2)C(=C=O)C1. The van der Waals surface area contributed by atoms with Gasteiger partial charge in [-0.25, -0.2) is 4.79 Å². The average Bonchev–Trinajstić information content (AvgIpc) is 2.67. The van der Waals surface area contributed by atoms with Crippen LogP contribution in [0.25, 0.3) is 0 Å². The van der Waals surface area contributed by atoms with Crippen LogP contribution >= 0.6 is 0 Å². The Hall–Kier alpha value is -2.71. The first-order valence-corrected chi connectivity index (χ1v) is 8.25. The van der Waals surface area contributed by atoms with Crippen LogP contribution in [0.1, 0.15) is 18.1 Å². The van der Waals surface area contributed by atoms with Crippen molar-refractivity contribution < 1.29 is 19.6 Å². The van der Waals surface area contributed by atoms with Crippen molar-refractivity contribution in [2.24, 2.45) is 16.6 Å². The van der Waals surface area contributed by atoms with Crippen LogP contribution in [0.5, 0.6) is 0 Å². The summed E-state index contributed by atoms with van der Waals surface area (Å²) < 4.78 is 0. The highest BCUT2D eigenvalue weighted by molar-refractivity contribution is 5.97. The van der Waals surface area contributed by atoms with Crippen LogP contribution in [-0.2, 0) is 20.8 Å². The summed E-state index contributed by atoms with van der Waals surface area (Å²) in [5.41, 5.74) is 13.1. The molecule has 1 heterocycles. The lowest BCUT2D eigenvalue weighted by molar-refractivity contribution is -0.167. The molecule has 26 heavy (non-hydrogen) atoms. The summed E-state index contributed by atoms with van der Waals surface area (Å²) >= 11 is 0. The standard InChI is InChI=1S/C17H23N5O4/c1-2-26-21-6-7-22(14(10-21)11-23)17(24)15(18)9-12-4-3-5-13(8-12)16(19)20-25/h3-5,8,15,25H,2,6-7,9-10,18H2,1H3,(H2,19,20)/t15-/m0/s1. The van der Waals surface area contributed by atoms with Gasteiger partial charge in [-0.2, -0.15) is 5.06 Å². The normalized spacial score (nSPS) is 17.1. The third-order valence-corrected chi connectivity index (χ3v) is 4.02. The first-order chi connectivity index (χ1) is 12.5. The van der Waals surface area contributed by atoms with Crippen LogP contribution < -0.4 is 11.5 Å². The minimum Gasteiger partial charge on any atom is -0.409 e. The summed E-state index contributed by atoms with van der Waals surface area (Å²) in [5.74, 6) is 1.43. The van der Waals surface area contributed by atoms with E-state index in [1.807, 2.05) is 12.9 Å². The van der Waals surface area contributed by atoms with Gasteiger partial charge in [-0.1, -0.05) is 23.4 Å². The fraction of sp³-hybridized carbons (Fsp3) is 0.412. The zero-order chi connectivity index (χ0) is 19.1. The first kappa shape index (κ1) is 19.6. The van der Waals surface area contributed by atoms with Crippen LogP contribution in [-0.4, -0.2) is 65.1 Å². The number of rotatable bonds is 6. The lowest BCUT2D eigenvalue weighted by Gasteiger charge is -2.35. The minimum atomic E-state index is -0.834. The molecule has 1 fully saturated rings. The van der Waals surface area contributed by atoms with E-state index < -0.39 is 6.04 Å². The van der Waals surface area contributed by atoms with Gasteiger partial charge in [0, 0.05) is 18.7 Å². The van der Waals surface area contributed by atoms with Crippen LogP contribution in [0, 0.1) is 0 Å². The number of amidine groups is 1. The second kappa shape index (κ2) is 9.12. The van der Waals surface area contributed by atoms with E-state index in [1.54, 1.807) is 29.3 Å². The molecule has 1 aromatic carbocycles. The number of amides is 1. The smallest absolute Gasteiger partial charge is 0.244 e. The van der Waals surface area contributed by atoms with Gasteiger partial charge in [-0.15, -0.1) is 0 Å². The highest BCUT2D eigenvalue weighted by atomic mass is 16.7. The van der Waals surface area contributed by atoms with E-state index >= 15 is 0 Å². The lowest BCUT2D eigenvalue weighted by atomic mass is 10.0. The highest BCUT2D eigenvalue weighted by Crippen LogP contribution is 2.15. The van der Waals surface area contributed by atoms with Gasteiger partial charge in [0.15, 0.2) is 5.84 Å². The van der Waals surface area contributed by atoms with E-state index in [9.17, 15) is 9.59 Å². The van der Waals surface area contributed by atoms with Gasteiger partial charge in [-0.05, 0) is 25.0 Å². The zero-order valence-corrected chi connectivity index (χ0v) is 14.6. The fourth-order valence-corrected chi connectivity index (χ4v) is 2.76. The molecule has 0 bridgehead atoms. The molecule has 1 aliphatic heterocycles. The summed E-state index contributed by atoms with van der Waals surface area (Å²) in [6.07, 6.45) is 0.253. The molecule has 9 nitrogen and oxygen atoms in total. The zero-order valence-electron chi connectivity index (χ0n) is 14.6. The van der Waals surface area contributed by atoms with Gasteiger partial charge in [0.05, 0.1) is 19.2 Å². The van der Waals surface area contributed by atoms with Crippen molar-refractivity contribution in [2.75, 3.05) is 26.2 Å². The largest absolute Gasteiger partial charge is 0.409 e. The van der Waals surface area contributed by atoms with Gasteiger partial charge in [0.1, 0.15) is 11.6 Å². The van der Waals surface area contributed by atoms with Crippen LogP contribution in [0.4, 0.5) is 0 Å². The molecule has 0 saturated carbocycles. The van der Waals surface area contributed by atoms with Crippen molar-refractivity contribution in [3.05, 3.63) is 41.1 Å². The number of benzene rings is 1. The van der Waals surface area contributed by atoms with Crippen molar-refractivity contribution in [1.82, 2.24) is 9.96 Å². The molecule has 2 rings (SSSR count). The predicted molar refractivity (Wildman–Crippen MR) is 94.8 cm³/mol. The summed E-state index contributed by atoms with van der Waals surface area (Å²) in [4.78, 5) is 30.6. The van der Waals surface area contributed by atoms with Crippen LogP contribution in [0.15, 0.2) is 35.1 Å². The number of carbonyl (C=O) groups is 1. The van der Waals surface area contributed by atoms with Crippen molar-refractivity contribution in [3.8, 4) is 0 Å². The van der Waals surface area contributed by atoms with Crippen LogP contribution in [0.3, 0.4) is 0 Å². The topological polar surface area (TPSA) is 134 Å². The molecular formula is C17H23N5O4. The Kier molecular flexibility index (Phi) is 6.88. The second-order valence-corrected chi connectivity index (χ2v) is 5.82. The number of hydroxylamine groups is 2. The van der Waals surface area contributed by atoms with Gasteiger partial charge in [0.2, 0.25) is 5.91 Å². The third-order valence-electron chi connectivity index (χ3n) is 4.02. The molecule has 0 aliphatic carbocycles. The number of nitrogens with zero attached hydrogens (tertiary/aromatic N) is 3. The number of carbonyl (C=O) groups excluding carboxylic acids is 2. The Bertz CT molecular complexity index is 730.